The average molecular weight is 229 g/mol. The fourth-order valence-electron chi connectivity index (χ4n) is 1.51. The molecule has 4 nitrogen and oxygen atoms in total. The van der Waals surface area contributed by atoms with Crippen LogP contribution >= 0.6 is 0 Å². The van der Waals surface area contributed by atoms with Crippen LogP contribution in [0.5, 0.6) is 0 Å². The molecule has 0 heterocycles. The molecule has 0 amide bonds. The van der Waals surface area contributed by atoms with Gasteiger partial charge in [-0.15, -0.1) is 0 Å². The van der Waals surface area contributed by atoms with E-state index in [-0.39, 0.29) is 0 Å². The number of nitrogens with one attached hydrogen (secondary N) is 1. The lowest BCUT2D eigenvalue weighted by Gasteiger charge is -2.27. The van der Waals surface area contributed by atoms with Crippen molar-refractivity contribution in [1.29, 1.82) is 0 Å². The van der Waals surface area contributed by atoms with E-state index in [1.54, 1.807) is 0 Å². The summed E-state index contributed by atoms with van der Waals surface area (Å²) in [6.45, 7) is 0. The van der Waals surface area contributed by atoms with Gasteiger partial charge < -0.3 is 5.11 Å². The minimum Gasteiger partial charge on any atom is -0.391 e. The van der Waals surface area contributed by atoms with Crippen molar-refractivity contribution in [2.45, 2.75) is 43.6 Å². The van der Waals surface area contributed by atoms with Gasteiger partial charge in [0.2, 0.25) is 0 Å². The molecule has 1 aliphatic carbocycles. The van der Waals surface area contributed by atoms with Crippen molar-refractivity contribution in [2.24, 2.45) is 0 Å². The van der Waals surface area contributed by atoms with Gasteiger partial charge in [-0.3, -0.25) is 0 Å². The van der Waals surface area contributed by atoms with Crippen LogP contribution in [0.3, 0.4) is 0 Å². The average Bonchev–Trinajstić information content (AvgIpc) is 2.08. The highest BCUT2D eigenvalue weighted by atomic mass is 32.2. The molecule has 0 saturated heterocycles. The Balaban J connectivity index is 2.58. The third-order valence-electron chi connectivity index (χ3n) is 2.28. The van der Waals surface area contributed by atoms with Crippen molar-refractivity contribution in [3.63, 3.8) is 0 Å². The number of rotatable bonds is 3. The van der Waals surface area contributed by atoms with E-state index in [9.17, 15) is 22.3 Å². The quantitative estimate of drug-likeness (QED) is 0.737. The molecule has 2 unspecified atom stereocenters. The van der Waals surface area contributed by atoms with Gasteiger partial charge in [0.15, 0.2) is 0 Å². The first-order valence-electron chi connectivity index (χ1n) is 4.41. The number of sulfonamides is 1. The smallest absolute Gasteiger partial charge is 0.350 e. The van der Waals surface area contributed by atoms with E-state index in [4.69, 9.17) is 0 Å². The summed E-state index contributed by atoms with van der Waals surface area (Å²) < 4.78 is 47.3. The predicted molar refractivity (Wildman–Crippen MR) is 46.3 cm³/mol. The van der Waals surface area contributed by atoms with Crippen LogP contribution in [0.15, 0.2) is 0 Å². The third kappa shape index (κ3) is 2.86. The van der Waals surface area contributed by atoms with E-state index in [0.717, 1.165) is 12.8 Å². The Hall–Kier alpha value is -0.270. The molecule has 14 heavy (non-hydrogen) atoms. The van der Waals surface area contributed by atoms with Gasteiger partial charge in [-0.25, -0.2) is 13.1 Å². The van der Waals surface area contributed by atoms with E-state index in [1.807, 2.05) is 4.72 Å². The van der Waals surface area contributed by atoms with Crippen molar-refractivity contribution in [2.75, 3.05) is 0 Å². The van der Waals surface area contributed by atoms with Gasteiger partial charge in [0.05, 0.1) is 6.10 Å². The SMILES string of the molecule is O=S(=O)(NC1CCCCC1O)C(F)F. The second-order valence-electron chi connectivity index (χ2n) is 3.38. The van der Waals surface area contributed by atoms with Crippen LogP contribution in [0.4, 0.5) is 8.78 Å². The first kappa shape index (κ1) is 11.8. The second kappa shape index (κ2) is 4.50. The van der Waals surface area contributed by atoms with Crippen LogP contribution in [-0.2, 0) is 10.0 Å². The van der Waals surface area contributed by atoms with Crippen molar-refractivity contribution >= 4 is 10.0 Å². The Morgan fingerprint density at radius 3 is 2.36 bits per heavy atom. The number of aliphatic hydroxyl groups excluding tert-OH is 1. The molecule has 1 saturated carbocycles. The Kier molecular flexibility index (Phi) is 3.79. The van der Waals surface area contributed by atoms with Crippen LogP contribution in [0.25, 0.3) is 0 Å². The normalized spacial score (nSPS) is 29.4. The minimum atomic E-state index is -4.57. The van der Waals surface area contributed by atoms with Crippen molar-refractivity contribution < 1.29 is 22.3 Å². The zero-order valence-corrected chi connectivity index (χ0v) is 8.30. The van der Waals surface area contributed by atoms with Gasteiger partial charge in [-0.2, -0.15) is 8.78 Å². The number of halogens is 2. The summed E-state index contributed by atoms with van der Waals surface area (Å²) in [6, 6.07) is -0.761. The lowest BCUT2D eigenvalue weighted by molar-refractivity contribution is 0.0998. The number of hydrogen-bond acceptors (Lipinski definition) is 3. The van der Waals surface area contributed by atoms with Crippen LogP contribution < -0.4 is 4.72 Å². The molecule has 2 atom stereocenters. The van der Waals surface area contributed by atoms with Crippen molar-refractivity contribution in [3.8, 4) is 0 Å². The molecule has 0 radical (unpaired) electrons. The highest BCUT2D eigenvalue weighted by molar-refractivity contribution is 7.89. The first-order valence-corrected chi connectivity index (χ1v) is 5.95. The fraction of sp³-hybridized carbons (Fsp3) is 1.00. The molecule has 7 heteroatoms. The standard InChI is InChI=1S/C7H13F2NO3S/c8-7(9)14(12,13)10-5-3-1-2-4-6(5)11/h5-7,10-11H,1-4H2. The van der Waals surface area contributed by atoms with Crippen LogP contribution in [0.2, 0.25) is 0 Å². The molecular formula is C7H13F2NO3S. The number of alkyl halides is 2. The van der Waals surface area contributed by atoms with Crippen LogP contribution in [0, 0.1) is 0 Å². The Morgan fingerprint density at radius 2 is 1.86 bits per heavy atom. The highest BCUT2D eigenvalue weighted by Crippen LogP contribution is 2.19. The lowest BCUT2D eigenvalue weighted by Crippen LogP contribution is -2.46. The van der Waals surface area contributed by atoms with E-state index in [0.29, 0.717) is 12.8 Å². The fourth-order valence-corrected chi connectivity index (χ4v) is 2.31. The Labute approximate surface area is 81.4 Å². The maximum atomic E-state index is 12.0. The topological polar surface area (TPSA) is 66.4 Å². The van der Waals surface area contributed by atoms with Crippen molar-refractivity contribution in [3.05, 3.63) is 0 Å². The highest BCUT2D eigenvalue weighted by Gasteiger charge is 2.31. The van der Waals surface area contributed by atoms with E-state index < -0.39 is 27.9 Å². The van der Waals surface area contributed by atoms with Gasteiger partial charge >= 0.3 is 5.76 Å². The first-order chi connectivity index (χ1) is 6.43. The van der Waals surface area contributed by atoms with Crippen molar-refractivity contribution in [1.82, 2.24) is 4.72 Å². The monoisotopic (exact) mass is 229 g/mol. The van der Waals surface area contributed by atoms with Gasteiger partial charge in [0.25, 0.3) is 10.0 Å². The number of hydrogen-bond donors (Lipinski definition) is 2. The Morgan fingerprint density at radius 1 is 1.29 bits per heavy atom. The van der Waals surface area contributed by atoms with E-state index in [1.165, 1.54) is 0 Å². The lowest BCUT2D eigenvalue weighted by atomic mass is 9.93. The number of aliphatic hydroxyl groups is 1. The van der Waals surface area contributed by atoms with Crippen LogP contribution in [-0.4, -0.2) is 31.4 Å². The molecule has 1 fully saturated rings. The summed E-state index contributed by atoms with van der Waals surface area (Å²) in [6.07, 6.45) is 1.56. The molecule has 0 aliphatic heterocycles. The van der Waals surface area contributed by atoms with E-state index >= 15 is 0 Å². The zero-order valence-electron chi connectivity index (χ0n) is 7.49. The maximum absolute atomic E-state index is 12.0. The van der Waals surface area contributed by atoms with E-state index in [2.05, 4.69) is 0 Å². The minimum absolute atomic E-state index is 0.410. The summed E-state index contributed by atoms with van der Waals surface area (Å²) in [4.78, 5) is 0. The Bertz CT molecular complexity index is 281. The molecule has 0 aromatic heterocycles. The maximum Gasteiger partial charge on any atom is 0.350 e. The van der Waals surface area contributed by atoms with Gasteiger partial charge in [0.1, 0.15) is 0 Å². The second-order valence-corrected chi connectivity index (χ2v) is 5.06. The summed E-state index contributed by atoms with van der Waals surface area (Å²) in [7, 11) is -4.57. The molecule has 0 spiro atoms. The molecule has 0 bridgehead atoms. The molecule has 2 N–H and O–H groups in total. The van der Waals surface area contributed by atoms with Gasteiger partial charge in [0, 0.05) is 6.04 Å². The molecule has 1 rings (SSSR count). The van der Waals surface area contributed by atoms with Crippen LogP contribution in [0.1, 0.15) is 25.7 Å². The van der Waals surface area contributed by atoms with Gasteiger partial charge in [-0.05, 0) is 12.8 Å². The zero-order chi connectivity index (χ0) is 10.8. The summed E-state index contributed by atoms with van der Waals surface area (Å²) in [5, 5.41) is 9.34. The summed E-state index contributed by atoms with van der Waals surface area (Å²) in [5.41, 5.74) is 0. The molecule has 0 aromatic carbocycles. The molecule has 84 valence electrons. The molecular weight excluding hydrogens is 216 g/mol. The largest absolute Gasteiger partial charge is 0.391 e. The van der Waals surface area contributed by atoms with Gasteiger partial charge in [-0.1, -0.05) is 12.8 Å². The predicted octanol–water partition coefficient (Wildman–Crippen LogP) is 0.432. The molecule has 1 aliphatic rings. The summed E-state index contributed by atoms with van der Waals surface area (Å²) in [5.74, 6) is -3.43. The third-order valence-corrected chi connectivity index (χ3v) is 3.38. The molecule has 0 aromatic rings. The summed E-state index contributed by atoms with van der Waals surface area (Å²) >= 11 is 0.